The Kier molecular flexibility index (Phi) is 4.10. The van der Waals surface area contributed by atoms with E-state index in [0.717, 1.165) is 15.6 Å². The summed E-state index contributed by atoms with van der Waals surface area (Å²) in [6.07, 6.45) is 5.12. The van der Waals surface area contributed by atoms with Crippen LogP contribution in [-0.2, 0) is 0 Å². The van der Waals surface area contributed by atoms with Crippen LogP contribution in [-0.4, -0.2) is 26.3 Å². The van der Waals surface area contributed by atoms with Gasteiger partial charge in [-0.1, -0.05) is 23.7 Å². The summed E-state index contributed by atoms with van der Waals surface area (Å²) in [6.45, 7) is -0.0746. The van der Waals surface area contributed by atoms with Crippen LogP contribution in [0.3, 0.4) is 0 Å². The Morgan fingerprint density at radius 3 is 3.05 bits per heavy atom. The number of halogens is 2. The first kappa shape index (κ1) is 14.3. The third-order valence-corrected chi connectivity index (χ3v) is 3.95. The zero-order valence-electron chi connectivity index (χ0n) is 10.9. The Bertz CT molecular complexity index is 777. The molecule has 0 spiro atoms. The molecule has 0 aliphatic carbocycles. The monoisotopic (exact) mass is 366 g/mol. The highest BCUT2D eigenvalue weighted by atomic mass is 79.9. The molecule has 0 aliphatic rings. The number of nitrogens with one attached hydrogen (secondary N) is 1. The second-order valence-electron chi connectivity index (χ2n) is 4.50. The molecule has 108 valence electrons. The van der Waals surface area contributed by atoms with Gasteiger partial charge < -0.3 is 10.4 Å². The molecular weight excluding hydrogens is 356 g/mol. The normalized spacial score (nSPS) is 12.5. The zero-order valence-corrected chi connectivity index (χ0v) is 13.2. The standard InChI is InChI=1S/C14H12BrClN4O/c15-11-7-18-20-5-4-17-14(13(11)20)19-12(8-21)9-2-1-3-10(16)6-9/h1-7,12,21H,8H2,(H,17,19). The molecular formula is C14H12BrClN4O. The summed E-state index contributed by atoms with van der Waals surface area (Å²) in [7, 11) is 0. The molecule has 0 bridgehead atoms. The summed E-state index contributed by atoms with van der Waals surface area (Å²) in [5.74, 6) is 0.640. The van der Waals surface area contributed by atoms with Crippen molar-refractivity contribution in [2.45, 2.75) is 6.04 Å². The van der Waals surface area contributed by atoms with Gasteiger partial charge in [0.15, 0.2) is 5.82 Å². The number of aliphatic hydroxyl groups is 1. The van der Waals surface area contributed by atoms with Crippen molar-refractivity contribution in [3.05, 3.63) is 57.9 Å². The van der Waals surface area contributed by atoms with Crippen LogP contribution in [0.4, 0.5) is 5.82 Å². The maximum atomic E-state index is 9.66. The second-order valence-corrected chi connectivity index (χ2v) is 5.79. The first-order chi connectivity index (χ1) is 10.2. The van der Waals surface area contributed by atoms with Gasteiger partial charge >= 0.3 is 0 Å². The molecule has 21 heavy (non-hydrogen) atoms. The molecule has 0 amide bonds. The van der Waals surface area contributed by atoms with Crippen molar-refractivity contribution in [3.63, 3.8) is 0 Å². The number of nitrogens with zero attached hydrogens (tertiary/aromatic N) is 3. The van der Waals surface area contributed by atoms with Crippen LogP contribution >= 0.6 is 27.5 Å². The Labute approximate surface area is 134 Å². The number of rotatable bonds is 4. The molecule has 0 saturated carbocycles. The van der Waals surface area contributed by atoms with Gasteiger partial charge in [-0.15, -0.1) is 0 Å². The molecule has 3 aromatic rings. The fourth-order valence-electron chi connectivity index (χ4n) is 2.14. The van der Waals surface area contributed by atoms with Crippen LogP contribution in [0.15, 0.2) is 47.3 Å². The molecule has 3 rings (SSSR count). The van der Waals surface area contributed by atoms with Gasteiger partial charge in [0.05, 0.1) is 23.3 Å². The average Bonchev–Trinajstić information content (AvgIpc) is 2.87. The lowest BCUT2D eigenvalue weighted by Crippen LogP contribution is -2.16. The predicted octanol–water partition coefficient (Wildman–Crippen LogP) is 3.29. The highest BCUT2D eigenvalue weighted by Crippen LogP contribution is 2.27. The van der Waals surface area contributed by atoms with E-state index in [4.69, 9.17) is 11.6 Å². The summed E-state index contributed by atoms with van der Waals surface area (Å²) >= 11 is 9.46. The number of aromatic nitrogens is 3. The van der Waals surface area contributed by atoms with Crippen molar-refractivity contribution in [3.8, 4) is 0 Å². The molecule has 0 radical (unpaired) electrons. The average molecular weight is 368 g/mol. The van der Waals surface area contributed by atoms with E-state index >= 15 is 0 Å². The van der Waals surface area contributed by atoms with E-state index in [1.807, 2.05) is 18.2 Å². The van der Waals surface area contributed by atoms with Crippen molar-refractivity contribution in [2.24, 2.45) is 0 Å². The first-order valence-electron chi connectivity index (χ1n) is 6.29. The smallest absolute Gasteiger partial charge is 0.153 e. The quantitative estimate of drug-likeness (QED) is 0.743. The number of aliphatic hydroxyl groups excluding tert-OH is 1. The minimum atomic E-state index is -0.302. The van der Waals surface area contributed by atoms with Crippen molar-refractivity contribution in [1.29, 1.82) is 0 Å². The van der Waals surface area contributed by atoms with E-state index in [1.54, 1.807) is 29.2 Å². The van der Waals surface area contributed by atoms with E-state index in [0.29, 0.717) is 10.8 Å². The number of fused-ring (bicyclic) bond motifs is 1. The molecule has 0 saturated heterocycles. The van der Waals surface area contributed by atoms with Gasteiger partial charge in [-0.05, 0) is 33.6 Å². The fraction of sp³-hybridized carbons (Fsp3) is 0.143. The highest BCUT2D eigenvalue weighted by Gasteiger charge is 2.15. The van der Waals surface area contributed by atoms with Crippen LogP contribution < -0.4 is 5.32 Å². The number of anilines is 1. The second kappa shape index (κ2) is 6.01. The largest absolute Gasteiger partial charge is 0.394 e. The molecule has 2 aromatic heterocycles. The molecule has 0 fully saturated rings. The van der Waals surface area contributed by atoms with Gasteiger partial charge in [-0.3, -0.25) is 0 Å². The summed E-state index contributed by atoms with van der Waals surface area (Å²) in [6, 6.07) is 7.08. The molecule has 7 heteroatoms. The Balaban J connectivity index is 1.98. The van der Waals surface area contributed by atoms with Gasteiger partial charge in [0.25, 0.3) is 0 Å². The van der Waals surface area contributed by atoms with Gasteiger partial charge in [-0.2, -0.15) is 5.10 Å². The zero-order chi connectivity index (χ0) is 14.8. The van der Waals surface area contributed by atoms with Crippen molar-refractivity contribution < 1.29 is 5.11 Å². The lowest BCUT2D eigenvalue weighted by molar-refractivity contribution is 0.276. The third kappa shape index (κ3) is 2.88. The summed E-state index contributed by atoms with van der Waals surface area (Å²) < 4.78 is 2.55. The Hall–Kier alpha value is -1.63. The van der Waals surface area contributed by atoms with Gasteiger partial charge in [-0.25, -0.2) is 9.50 Å². The summed E-state index contributed by atoms with van der Waals surface area (Å²) in [4.78, 5) is 4.33. The number of hydrogen-bond donors (Lipinski definition) is 2. The van der Waals surface area contributed by atoms with E-state index < -0.39 is 0 Å². The maximum Gasteiger partial charge on any atom is 0.153 e. The fourth-order valence-corrected chi connectivity index (χ4v) is 2.80. The third-order valence-electron chi connectivity index (χ3n) is 3.13. The topological polar surface area (TPSA) is 62.5 Å². The van der Waals surface area contributed by atoms with Crippen LogP contribution in [0.2, 0.25) is 5.02 Å². The van der Waals surface area contributed by atoms with Gasteiger partial charge in [0.1, 0.15) is 5.52 Å². The van der Waals surface area contributed by atoms with Gasteiger partial charge in [0.2, 0.25) is 0 Å². The SMILES string of the molecule is OCC(Nc1nccn2ncc(Br)c12)c1cccc(Cl)c1. The van der Waals surface area contributed by atoms with Crippen molar-refractivity contribution in [1.82, 2.24) is 14.6 Å². The predicted molar refractivity (Wildman–Crippen MR) is 85.6 cm³/mol. The number of hydrogen-bond acceptors (Lipinski definition) is 4. The minimum absolute atomic E-state index is 0.0746. The Morgan fingerprint density at radius 1 is 1.43 bits per heavy atom. The molecule has 2 N–H and O–H groups in total. The highest BCUT2D eigenvalue weighted by molar-refractivity contribution is 9.10. The molecule has 2 heterocycles. The first-order valence-corrected chi connectivity index (χ1v) is 7.47. The molecule has 1 atom stereocenters. The van der Waals surface area contributed by atoms with Crippen LogP contribution in [0.25, 0.3) is 5.52 Å². The van der Waals surface area contributed by atoms with E-state index in [-0.39, 0.29) is 12.6 Å². The van der Waals surface area contributed by atoms with E-state index in [1.165, 1.54) is 0 Å². The Morgan fingerprint density at radius 2 is 2.29 bits per heavy atom. The van der Waals surface area contributed by atoms with Gasteiger partial charge in [0, 0.05) is 17.4 Å². The van der Waals surface area contributed by atoms with E-state index in [2.05, 4.69) is 31.3 Å². The van der Waals surface area contributed by atoms with Crippen molar-refractivity contribution >= 4 is 38.9 Å². The lowest BCUT2D eigenvalue weighted by Gasteiger charge is -2.18. The lowest BCUT2D eigenvalue weighted by atomic mass is 10.1. The maximum absolute atomic E-state index is 9.66. The van der Waals surface area contributed by atoms with Crippen LogP contribution in [0, 0.1) is 0 Å². The molecule has 1 unspecified atom stereocenters. The minimum Gasteiger partial charge on any atom is -0.394 e. The molecule has 1 aromatic carbocycles. The molecule has 0 aliphatic heterocycles. The summed E-state index contributed by atoms with van der Waals surface area (Å²) in [5.41, 5.74) is 1.71. The van der Waals surface area contributed by atoms with Crippen LogP contribution in [0.1, 0.15) is 11.6 Å². The summed E-state index contributed by atoms with van der Waals surface area (Å²) in [5, 5.41) is 17.7. The van der Waals surface area contributed by atoms with Crippen molar-refractivity contribution in [2.75, 3.05) is 11.9 Å². The molecule has 5 nitrogen and oxygen atoms in total. The van der Waals surface area contributed by atoms with Crippen LogP contribution in [0.5, 0.6) is 0 Å². The number of benzene rings is 1. The van der Waals surface area contributed by atoms with E-state index in [9.17, 15) is 5.11 Å².